The molecule has 0 saturated carbocycles. The van der Waals surface area contributed by atoms with Gasteiger partial charge in [0, 0.05) is 73.4 Å². The van der Waals surface area contributed by atoms with Crippen molar-refractivity contribution in [2.24, 2.45) is 0 Å². The molecule has 0 spiro atoms. The lowest BCUT2D eigenvalue weighted by atomic mass is 10.2. The van der Waals surface area contributed by atoms with Crippen molar-refractivity contribution in [1.29, 1.82) is 0 Å². The van der Waals surface area contributed by atoms with Crippen molar-refractivity contribution < 1.29 is 14.4 Å². The molecule has 0 unspecified atom stereocenters. The van der Waals surface area contributed by atoms with Crippen LogP contribution >= 0.6 is 70.1 Å². The minimum atomic E-state index is 0.691. The Hall–Kier alpha value is -7.22. The first kappa shape index (κ1) is 57.0. The standard InChI is InChI=1S/C8H8O.C8H8S.2C7H7NO.C7H5NS.C7H7NS.C7H5NS.C7H7NS.C7H5NS/c2*1-2-4-8-7(3-1)5-6-9-8;1-2-4-7-6(3-1)5-9-8-7;1-2-4-7-6(3-1)5-8-9-7;1-2-4-7-6(3-1)8-5-9-7;2*1-2-4-7-6(3-1)5-9-8-7;2*1-2-4-7-6(3-1)5-8-9-7/h2*1-4H,5-6H2;2*1-4,8H,5H2;1-5H;1-4,8H,5H2;1-5H;1-4,8H,5H2;1-5H. The zero-order chi connectivity index (χ0) is 54.9. The molecule has 0 amide bonds. The molecule has 0 fully saturated rings. The van der Waals surface area contributed by atoms with Gasteiger partial charge in [-0.25, -0.2) is 4.98 Å². The summed E-state index contributed by atoms with van der Waals surface area (Å²) < 4.78 is 22.4. The fourth-order valence-electron chi connectivity index (χ4n) is 8.42. The zero-order valence-corrected chi connectivity index (χ0v) is 49.1. The lowest BCUT2D eigenvalue weighted by Crippen LogP contribution is -2.07. The van der Waals surface area contributed by atoms with Gasteiger partial charge in [0.1, 0.15) is 12.4 Å². The van der Waals surface area contributed by atoms with E-state index in [-0.39, 0.29) is 0 Å². The molecule has 81 heavy (non-hydrogen) atoms. The summed E-state index contributed by atoms with van der Waals surface area (Å²) in [5.41, 5.74) is 20.2. The molecule has 0 bridgehead atoms. The number of thioether (sulfide) groups is 1. The number of nitrogens with one attached hydrogen (secondary N) is 4. The van der Waals surface area contributed by atoms with Crippen molar-refractivity contribution in [2.45, 2.75) is 48.1 Å². The number of aryl methyl sites for hydroxylation is 1. The van der Waals surface area contributed by atoms with Crippen LogP contribution in [-0.2, 0) is 43.1 Å². The number of thiazole rings is 1. The van der Waals surface area contributed by atoms with E-state index < -0.39 is 0 Å². The van der Waals surface area contributed by atoms with Crippen LogP contribution in [0, 0.1) is 0 Å². The molecule has 0 aliphatic carbocycles. The summed E-state index contributed by atoms with van der Waals surface area (Å²) in [6.45, 7) is 3.40. The van der Waals surface area contributed by atoms with E-state index in [4.69, 9.17) is 14.4 Å². The highest BCUT2D eigenvalue weighted by Gasteiger charge is 2.12. The maximum absolute atomic E-state index is 5.30. The number of hydrogen-bond acceptors (Lipinski definition) is 16. The number of hydrogen-bond donors (Lipinski definition) is 4. The fourth-order valence-corrected chi connectivity index (χ4v) is 13.1. The second-order valence-electron chi connectivity index (χ2n) is 18.1. The summed E-state index contributed by atoms with van der Waals surface area (Å²) in [5, 5.41) is 4.53. The molecular weight excluding hydrogens is 1120 g/mol. The monoisotopic (exact) mass is 1180 g/mol. The van der Waals surface area contributed by atoms with Crippen LogP contribution in [0.2, 0.25) is 0 Å². The number of aromatic nitrogens is 3. The van der Waals surface area contributed by atoms with Crippen molar-refractivity contribution in [1.82, 2.24) is 23.9 Å². The first-order chi connectivity index (χ1) is 40.2. The van der Waals surface area contributed by atoms with Crippen molar-refractivity contribution >= 4 is 113 Å². The summed E-state index contributed by atoms with van der Waals surface area (Å²) in [4.78, 5) is 17.0. The minimum Gasteiger partial charge on any atom is -0.493 e. The third-order valence-corrected chi connectivity index (χ3v) is 17.8. The van der Waals surface area contributed by atoms with Crippen LogP contribution < -0.4 is 30.0 Å². The van der Waals surface area contributed by atoms with E-state index in [1.165, 1.54) is 104 Å². The number of fused-ring (bicyclic) bond motifs is 9. The maximum atomic E-state index is 5.30. The van der Waals surface area contributed by atoms with E-state index in [0.29, 0.717) is 6.61 Å². The van der Waals surface area contributed by atoms with E-state index in [0.717, 1.165) is 60.1 Å². The Morgan fingerprint density at radius 3 is 1.91 bits per heavy atom. The van der Waals surface area contributed by atoms with Gasteiger partial charge in [-0.15, -0.1) is 23.1 Å². The fraction of sp³-hybridized carbons (Fsp3) is 0.123. The zero-order valence-electron chi connectivity index (χ0n) is 44.2. The van der Waals surface area contributed by atoms with Crippen LogP contribution in [0.1, 0.15) is 33.4 Å². The van der Waals surface area contributed by atoms with Crippen molar-refractivity contribution in [2.75, 3.05) is 22.6 Å². The largest absolute Gasteiger partial charge is 0.493 e. The maximum Gasteiger partial charge on any atom is 0.151 e. The summed E-state index contributed by atoms with van der Waals surface area (Å²) in [6, 6.07) is 74.1. The van der Waals surface area contributed by atoms with Gasteiger partial charge >= 0.3 is 0 Å². The summed E-state index contributed by atoms with van der Waals surface area (Å²) in [5.74, 6) is 4.41. The van der Waals surface area contributed by atoms with Crippen molar-refractivity contribution in [3.8, 4) is 11.5 Å². The van der Waals surface area contributed by atoms with Crippen molar-refractivity contribution in [3.63, 3.8) is 0 Å². The second-order valence-corrected chi connectivity index (χ2v) is 23.3. The van der Waals surface area contributed by atoms with Gasteiger partial charge in [0.15, 0.2) is 5.75 Å². The van der Waals surface area contributed by atoms with Crippen LogP contribution in [0.3, 0.4) is 0 Å². The third kappa shape index (κ3) is 17.2. The smallest absolute Gasteiger partial charge is 0.151 e. The molecule has 0 radical (unpaired) electrons. The van der Waals surface area contributed by atoms with Crippen molar-refractivity contribution in [3.05, 3.63) is 269 Å². The Morgan fingerprint density at radius 2 is 1.16 bits per heavy atom. The summed E-state index contributed by atoms with van der Waals surface area (Å²) >= 11 is 10.2. The van der Waals surface area contributed by atoms with Crippen LogP contribution in [-0.4, -0.2) is 26.1 Å². The molecule has 6 aliphatic heterocycles. The lowest BCUT2D eigenvalue weighted by molar-refractivity contribution is 0.202. The number of para-hydroxylation sites is 5. The SMILES string of the molecule is c1ccc2c(c1)CCO2.c1ccc2c(c1)CCS2.c1ccc2c(c1)CNO2.c1ccc2c(c1)CNS2.c1ccc2c(c1)CON2.c1ccc2c(c1)CSN2.c1ccc2nscc2c1.c1ccc2scnc2c1.c1ccc2sncc2c1. The number of hydroxylamine groups is 1. The molecule has 9 heterocycles. The van der Waals surface area contributed by atoms with Gasteiger partial charge in [0.2, 0.25) is 0 Å². The summed E-state index contributed by atoms with van der Waals surface area (Å²) in [7, 11) is 0. The normalized spacial score (nSPS) is 13.4. The van der Waals surface area contributed by atoms with Gasteiger partial charge in [0.25, 0.3) is 0 Å². The number of anilines is 2. The van der Waals surface area contributed by atoms with Crippen LogP contribution in [0.5, 0.6) is 11.5 Å². The van der Waals surface area contributed by atoms with Gasteiger partial charge in [-0.05, 0) is 136 Å². The molecule has 10 nitrogen and oxygen atoms in total. The molecule has 4 N–H and O–H groups in total. The number of nitrogens with zero attached hydrogens (tertiary/aromatic N) is 3. The Bertz CT molecular complexity index is 3070. The Morgan fingerprint density at radius 1 is 0.506 bits per heavy atom. The molecule has 9 aromatic carbocycles. The highest BCUT2D eigenvalue weighted by Crippen LogP contribution is 2.31. The Kier molecular flexibility index (Phi) is 21.9. The Balaban J connectivity index is 0.000000102. The van der Waals surface area contributed by atoms with E-state index in [1.807, 2.05) is 127 Å². The van der Waals surface area contributed by atoms with E-state index in [9.17, 15) is 0 Å². The highest BCUT2D eigenvalue weighted by molar-refractivity contribution is 8.00. The quantitative estimate of drug-likeness (QED) is 0.108. The molecular formula is C65H59N7O3S6. The molecule has 18 rings (SSSR count). The van der Waals surface area contributed by atoms with Crippen LogP contribution in [0.25, 0.3) is 31.2 Å². The number of ether oxygens (including phenoxy) is 1. The molecule has 12 aromatic rings. The van der Waals surface area contributed by atoms with Gasteiger partial charge in [-0.1, -0.05) is 158 Å². The number of benzene rings is 9. The van der Waals surface area contributed by atoms with Gasteiger partial charge in [0.05, 0.1) is 44.8 Å². The first-order valence-electron chi connectivity index (χ1n) is 26.3. The molecule has 6 aliphatic rings. The molecule has 16 heteroatoms. The molecule has 408 valence electrons. The highest BCUT2D eigenvalue weighted by atomic mass is 32.2. The molecule has 0 saturated heterocycles. The van der Waals surface area contributed by atoms with Gasteiger partial charge in [-0.2, -0.15) is 14.2 Å². The van der Waals surface area contributed by atoms with Gasteiger partial charge < -0.3 is 14.3 Å². The molecule has 3 aromatic heterocycles. The van der Waals surface area contributed by atoms with E-state index >= 15 is 0 Å². The average Bonchev–Trinajstić information content (AvgIpc) is 4.39. The van der Waals surface area contributed by atoms with E-state index in [1.54, 1.807) is 35.2 Å². The van der Waals surface area contributed by atoms with E-state index in [2.05, 4.69) is 155 Å². The topological polar surface area (TPSA) is 114 Å². The number of rotatable bonds is 0. The lowest BCUT2D eigenvalue weighted by Gasteiger charge is -1.93. The first-order valence-corrected chi connectivity index (χ1v) is 31.6. The minimum absolute atomic E-state index is 0.691. The predicted octanol–water partition coefficient (Wildman–Crippen LogP) is 17.5. The Labute approximate surface area is 498 Å². The average molecular weight is 1180 g/mol. The van der Waals surface area contributed by atoms with Gasteiger partial charge in [-0.3, -0.25) is 15.0 Å². The molecule has 0 atom stereocenters. The van der Waals surface area contributed by atoms with Crippen LogP contribution in [0.4, 0.5) is 11.4 Å². The predicted molar refractivity (Wildman–Crippen MR) is 345 cm³/mol. The summed E-state index contributed by atoms with van der Waals surface area (Å²) in [6.07, 6.45) is 4.23. The van der Waals surface area contributed by atoms with Crippen LogP contribution in [0.15, 0.2) is 245 Å². The third-order valence-electron chi connectivity index (χ3n) is 12.7. The second kappa shape index (κ2) is 31.1.